The molecular weight excluding hydrogens is 352 g/mol. The highest BCUT2D eigenvalue weighted by Gasteiger charge is 2.21. The Morgan fingerprint density at radius 1 is 1.07 bits per heavy atom. The molecule has 3 aromatic rings. The number of hydrogen-bond acceptors (Lipinski definition) is 5. The van der Waals surface area contributed by atoms with Gasteiger partial charge in [-0.05, 0) is 31.4 Å². The van der Waals surface area contributed by atoms with E-state index < -0.39 is 0 Å². The van der Waals surface area contributed by atoms with Crippen LogP contribution in [0.25, 0.3) is 5.65 Å². The highest BCUT2D eigenvalue weighted by atomic mass is 16.2. The molecule has 1 aliphatic heterocycles. The van der Waals surface area contributed by atoms with Crippen molar-refractivity contribution in [3.8, 4) is 0 Å². The van der Waals surface area contributed by atoms with Crippen molar-refractivity contribution < 1.29 is 4.79 Å². The van der Waals surface area contributed by atoms with Crippen LogP contribution in [0, 0.1) is 13.8 Å². The minimum Gasteiger partial charge on any atom is -0.340 e. The number of carbonyl (C=O) groups excluding carboxylic acids is 1. The predicted octanol–water partition coefficient (Wildman–Crippen LogP) is 2.02. The molecular formula is C21H26N6O. The number of benzene rings is 1. The largest absolute Gasteiger partial charge is 0.340 e. The van der Waals surface area contributed by atoms with Crippen molar-refractivity contribution in [2.24, 2.45) is 0 Å². The number of hydrogen-bond donors (Lipinski definition) is 0. The Morgan fingerprint density at radius 2 is 1.82 bits per heavy atom. The first-order valence-corrected chi connectivity index (χ1v) is 9.82. The van der Waals surface area contributed by atoms with Crippen molar-refractivity contribution in [2.45, 2.75) is 33.2 Å². The Labute approximate surface area is 165 Å². The summed E-state index contributed by atoms with van der Waals surface area (Å²) < 4.78 is 1.70. The van der Waals surface area contributed by atoms with Gasteiger partial charge in [0, 0.05) is 44.7 Å². The van der Waals surface area contributed by atoms with Gasteiger partial charge in [0.15, 0.2) is 5.65 Å². The maximum absolute atomic E-state index is 12.7. The van der Waals surface area contributed by atoms with E-state index >= 15 is 0 Å². The second-order valence-electron chi connectivity index (χ2n) is 7.43. The molecule has 0 spiro atoms. The third kappa shape index (κ3) is 3.89. The van der Waals surface area contributed by atoms with Crippen LogP contribution in [0.2, 0.25) is 0 Å². The Bertz CT molecular complexity index is 960. The van der Waals surface area contributed by atoms with Crippen LogP contribution in [-0.2, 0) is 17.8 Å². The molecule has 7 heteroatoms. The zero-order chi connectivity index (χ0) is 19.5. The molecule has 0 radical (unpaired) electrons. The summed E-state index contributed by atoms with van der Waals surface area (Å²) in [5, 5.41) is 12.5. The van der Waals surface area contributed by atoms with E-state index in [1.165, 1.54) is 5.56 Å². The lowest BCUT2D eigenvalue weighted by Crippen LogP contribution is -2.48. The number of amides is 1. The molecule has 0 atom stereocenters. The molecule has 0 bridgehead atoms. The van der Waals surface area contributed by atoms with Crippen LogP contribution in [0.5, 0.6) is 0 Å². The summed E-state index contributed by atoms with van der Waals surface area (Å²) in [7, 11) is 0. The lowest BCUT2D eigenvalue weighted by atomic mass is 10.0. The monoisotopic (exact) mass is 378 g/mol. The first-order valence-electron chi connectivity index (χ1n) is 9.82. The summed E-state index contributed by atoms with van der Waals surface area (Å²) >= 11 is 0. The Balaban J connectivity index is 1.32. The summed E-state index contributed by atoms with van der Waals surface area (Å²) in [4.78, 5) is 17.1. The number of carbonyl (C=O) groups is 1. The summed E-state index contributed by atoms with van der Waals surface area (Å²) in [6, 6.07) is 10.5. The van der Waals surface area contributed by atoms with Gasteiger partial charge in [-0.15, -0.1) is 10.2 Å². The molecule has 4 rings (SSSR count). The third-order valence-corrected chi connectivity index (χ3v) is 5.58. The van der Waals surface area contributed by atoms with E-state index in [-0.39, 0.29) is 5.91 Å². The minimum absolute atomic E-state index is 0.222. The Kier molecular flexibility index (Phi) is 5.34. The van der Waals surface area contributed by atoms with Crippen molar-refractivity contribution in [1.82, 2.24) is 29.6 Å². The van der Waals surface area contributed by atoms with Crippen molar-refractivity contribution in [1.29, 1.82) is 0 Å². The number of fused-ring (bicyclic) bond motifs is 1. The van der Waals surface area contributed by atoms with Crippen molar-refractivity contribution in [3.63, 3.8) is 0 Å². The van der Waals surface area contributed by atoms with Gasteiger partial charge >= 0.3 is 0 Å². The van der Waals surface area contributed by atoms with Gasteiger partial charge < -0.3 is 4.90 Å². The fourth-order valence-electron chi connectivity index (χ4n) is 3.93. The highest BCUT2D eigenvalue weighted by Crippen LogP contribution is 2.18. The molecule has 146 valence electrons. The van der Waals surface area contributed by atoms with Gasteiger partial charge in [-0.3, -0.25) is 9.69 Å². The molecule has 0 N–H and O–H groups in total. The molecule has 1 fully saturated rings. The van der Waals surface area contributed by atoms with Crippen LogP contribution in [0.3, 0.4) is 0 Å². The van der Waals surface area contributed by atoms with Gasteiger partial charge in [0.1, 0.15) is 6.33 Å². The molecule has 3 heterocycles. The molecule has 1 aliphatic rings. The molecule has 0 saturated carbocycles. The Morgan fingerprint density at radius 3 is 2.57 bits per heavy atom. The lowest BCUT2D eigenvalue weighted by Gasteiger charge is -2.35. The lowest BCUT2D eigenvalue weighted by molar-refractivity contribution is -0.133. The molecule has 1 aromatic carbocycles. The number of nitrogens with zero attached hydrogens (tertiary/aromatic N) is 6. The maximum atomic E-state index is 12.7. The van der Waals surface area contributed by atoms with E-state index in [9.17, 15) is 4.79 Å². The number of aryl methyl sites for hydroxylation is 2. The quantitative estimate of drug-likeness (QED) is 0.680. The van der Waals surface area contributed by atoms with Crippen LogP contribution >= 0.6 is 0 Å². The van der Waals surface area contributed by atoms with E-state index in [4.69, 9.17) is 0 Å². The van der Waals surface area contributed by atoms with E-state index in [0.29, 0.717) is 12.8 Å². The van der Waals surface area contributed by atoms with Crippen LogP contribution in [-0.4, -0.2) is 61.7 Å². The van der Waals surface area contributed by atoms with Crippen LogP contribution < -0.4 is 0 Å². The SMILES string of the molecule is Cc1nn2cnnc2c(C)c1CCC(=O)N1CCN(Cc2ccccc2)CC1. The summed E-state index contributed by atoms with van der Waals surface area (Å²) in [6.07, 6.45) is 2.81. The highest BCUT2D eigenvalue weighted by molar-refractivity contribution is 5.76. The fourth-order valence-corrected chi connectivity index (χ4v) is 3.93. The second kappa shape index (κ2) is 8.06. The van der Waals surface area contributed by atoms with E-state index in [1.54, 1.807) is 10.8 Å². The van der Waals surface area contributed by atoms with Crippen molar-refractivity contribution >= 4 is 11.6 Å². The zero-order valence-electron chi connectivity index (χ0n) is 16.5. The van der Waals surface area contributed by atoms with Crippen molar-refractivity contribution in [3.05, 3.63) is 59.0 Å². The van der Waals surface area contributed by atoms with Gasteiger partial charge in [-0.25, -0.2) is 4.52 Å². The molecule has 28 heavy (non-hydrogen) atoms. The number of piperazine rings is 1. The average molecular weight is 378 g/mol. The van der Waals surface area contributed by atoms with E-state index in [2.05, 4.69) is 44.5 Å². The van der Waals surface area contributed by atoms with Crippen LogP contribution in [0.1, 0.15) is 28.8 Å². The summed E-state index contributed by atoms with van der Waals surface area (Å²) in [5.74, 6) is 0.222. The van der Waals surface area contributed by atoms with Gasteiger partial charge in [-0.1, -0.05) is 30.3 Å². The first kappa shape index (κ1) is 18.6. The predicted molar refractivity (Wildman–Crippen MR) is 107 cm³/mol. The fraction of sp³-hybridized carbons (Fsp3) is 0.429. The summed E-state index contributed by atoms with van der Waals surface area (Å²) in [5.41, 5.74) is 5.19. The number of rotatable bonds is 5. The number of aromatic nitrogens is 4. The smallest absolute Gasteiger partial charge is 0.222 e. The summed E-state index contributed by atoms with van der Waals surface area (Å²) in [6.45, 7) is 8.40. The molecule has 1 saturated heterocycles. The molecule has 7 nitrogen and oxygen atoms in total. The molecule has 0 aliphatic carbocycles. The second-order valence-corrected chi connectivity index (χ2v) is 7.43. The average Bonchev–Trinajstić information content (AvgIpc) is 3.17. The third-order valence-electron chi connectivity index (χ3n) is 5.58. The Hall–Kier alpha value is -2.80. The van der Waals surface area contributed by atoms with E-state index in [0.717, 1.165) is 55.2 Å². The van der Waals surface area contributed by atoms with Gasteiger partial charge in [0.25, 0.3) is 0 Å². The minimum atomic E-state index is 0.222. The zero-order valence-corrected chi connectivity index (χ0v) is 16.5. The van der Waals surface area contributed by atoms with Gasteiger partial charge in [0.05, 0.1) is 5.69 Å². The molecule has 2 aromatic heterocycles. The maximum Gasteiger partial charge on any atom is 0.222 e. The van der Waals surface area contributed by atoms with Crippen molar-refractivity contribution in [2.75, 3.05) is 26.2 Å². The first-order chi connectivity index (χ1) is 13.6. The van der Waals surface area contributed by atoms with Gasteiger partial charge in [-0.2, -0.15) is 5.10 Å². The van der Waals surface area contributed by atoms with Crippen LogP contribution in [0.15, 0.2) is 36.7 Å². The standard InChI is InChI=1S/C21H26N6O/c1-16-19(17(2)24-27-15-22-23-21(16)27)8-9-20(28)26-12-10-25(11-13-26)14-18-6-4-3-5-7-18/h3-7,15H,8-14H2,1-2H3. The molecule has 1 amide bonds. The van der Waals surface area contributed by atoms with Gasteiger partial charge in [0.2, 0.25) is 5.91 Å². The topological polar surface area (TPSA) is 66.6 Å². The normalized spacial score (nSPS) is 15.3. The van der Waals surface area contributed by atoms with E-state index in [1.807, 2.05) is 24.8 Å². The molecule has 0 unspecified atom stereocenters. The van der Waals surface area contributed by atoms with Crippen LogP contribution in [0.4, 0.5) is 0 Å².